The Kier molecular flexibility index (Phi) is 4.18. The van der Waals surface area contributed by atoms with Crippen LogP contribution in [0.3, 0.4) is 0 Å². The van der Waals surface area contributed by atoms with Gasteiger partial charge in [0.1, 0.15) is 11.5 Å². The second kappa shape index (κ2) is 6.26. The molecule has 0 bridgehead atoms. The molecule has 1 aliphatic rings. The van der Waals surface area contributed by atoms with Crippen molar-refractivity contribution in [3.8, 4) is 0 Å². The second-order valence-corrected chi connectivity index (χ2v) is 6.10. The molecule has 3 rings (SSSR count). The molecule has 2 heterocycles. The number of rotatable bonds is 3. The minimum Gasteiger partial charge on any atom is -0.337 e. The largest absolute Gasteiger partial charge is 0.337 e. The summed E-state index contributed by atoms with van der Waals surface area (Å²) < 4.78 is 0. The van der Waals surface area contributed by atoms with E-state index in [0.717, 1.165) is 25.3 Å². The zero-order valence-electron chi connectivity index (χ0n) is 13.1. The second-order valence-electron chi connectivity index (χ2n) is 6.10. The molecule has 0 saturated carbocycles. The van der Waals surface area contributed by atoms with Crippen molar-refractivity contribution in [1.82, 2.24) is 14.9 Å². The van der Waals surface area contributed by atoms with E-state index in [9.17, 15) is 4.79 Å². The summed E-state index contributed by atoms with van der Waals surface area (Å²) in [7, 11) is 0. The maximum absolute atomic E-state index is 12.6. The normalized spacial score (nSPS) is 18.0. The Bertz CT molecular complexity index is 654. The number of likely N-dealkylation sites (tertiary alicyclic amines) is 1. The highest BCUT2D eigenvalue weighted by atomic mass is 16.2. The fraction of sp³-hybridized carbons (Fsp3) is 0.389. The van der Waals surface area contributed by atoms with Crippen LogP contribution in [0, 0.1) is 0 Å². The minimum absolute atomic E-state index is 0.0164. The van der Waals surface area contributed by atoms with Crippen LogP contribution in [-0.4, -0.2) is 33.9 Å². The number of carbonyl (C=O) groups is 1. The van der Waals surface area contributed by atoms with Gasteiger partial charge in [0.05, 0.1) is 0 Å². The van der Waals surface area contributed by atoms with Gasteiger partial charge in [0.2, 0.25) is 0 Å². The van der Waals surface area contributed by atoms with Gasteiger partial charge in [-0.3, -0.25) is 4.79 Å². The predicted molar refractivity (Wildman–Crippen MR) is 85.8 cm³/mol. The third kappa shape index (κ3) is 3.01. The van der Waals surface area contributed by atoms with Crippen LogP contribution < -0.4 is 0 Å². The van der Waals surface area contributed by atoms with Crippen LogP contribution in [0.1, 0.15) is 54.0 Å². The Morgan fingerprint density at radius 1 is 1.23 bits per heavy atom. The Balaban J connectivity index is 1.73. The van der Waals surface area contributed by atoms with Crippen molar-refractivity contribution < 1.29 is 4.79 Å². The summed E-state index contributed by atoms with van der Waals surface area (Å²) in [5, 5.41) is 0. The van der Waals surface area contributed by atoms with Gasteiger partial charge in [-0.2, -0.15) is 0 Å². The standard InChI is InChI=1S/C18H21N3O/c1-13(2)17-19-10-8-16(20-17)18(22)21-11-9-15(12-21)14-6-4-3-5-7-14/h3-8,10,13,15H,9,11-12H2,1-2H3. The third-order valence-electron chi connectivity index (χ3n) is 4.16. The molecular weight excluding hydrogens is 274 g/mol. The van der Waals surface area contributed by atoms with Crippen LogP contribution in [0.5, 0.6) is 0 Å². The van der Waals surface area contributed by atoms with Gasteiger partial charge in [-0.05, 0) is 18.1 Å². The number of carbonyl (C=O) groups excluding carboxylic acids is 1. The van der Waals surface area contributed by atoms with Gasteiger partial charge in [0.15, 0.2) is 0 Å². The number of hydrogen-bond donors (Lipinski definition) is 0. The van der Waals surface area contributed by atoms with E-state index in [1.54, 1.807) is 12.3 Å². The molecule has 1 atom stereocenters. The Morgan fingerprint density at radius 2 is 2.00 bits per heavy atom. The summed E-state index contributed by atoms with van der Waals surface area (Å²) in [6, 6.07) is 12.1. The Labute approximate surface area is 131 Å². The molecule has 4 heteroatoms. The topological polar surface area (TPSA) is 46.1 Å². The van der Waals surface area contributed by atoms with Crippen LogP contribution in [0.25, 0.3) is 0 Å². The van der Waals surface area contributed by atoms with Gasteiger partial charge in [-0.25, -0.2) is 9.97 Å². The van der Waals surface area contributed by atoms with Gasteiger partial charge in [0, 0.05) is 31.1 Å². The molecule has 1 aliphatic heterocycles. The van der Waals surface area contributed by atoms with Gasteiger partial charge in [0.25, 0.3) is 5.91 Å². The Hall–Kier alpha value is -2.23. The molecular formula is C18H21N3O. The van der Waals surface area contributed by atoms with Crippen molar-refractivity contribution in [2.24, 2.45) is 0 Å². The Morgan fingerprint density at radius 3 is 2.73 bits per heavy atom. The molecule has 2 aromatic rings. The van der Waals surface area contributed by atoms with E-state index in [1.807, 2.05) is 24.8 Å². The van der Waals surface area contributed by atoms with Crippen molar-refractivity contribution in [1.29, 1.82) is 0 Å². The van der Waals surface area contributed by atoms with E-state index < -0.39 is 0 Å². The van der Waals surface area contributed by atoms with E-state index in [4.69, 9.17) is 0 Å². The maximum Gasteiger partial charge on any atom is 0.272 e. The fourth-order valence-corrected chi connectivity index (χ4v) is 2.88. The monoisotopic (exact) mass is 295 g/mol. The number of benzene rings is 1. The van der Waals surface area contributed by atoms with Crippen LogP contribution in [0.4, 0.5) is 0 Å². The molecule has 1 aromatic heterocycles. The van der Waals surface area contributed by atoms with Crippen LogP contribution >= 0.6 is 0 Å². The molecule has 0 aliphatic carbocycles. The molecule has 1 aromatic carbocycles. The van der Waals surface area contributed by atoms with Gasteiger partial charge in [-0.1, -0.05) is 44.2 Å². The molecule has 1 saturated heterocycles. The summed E-state index contributed by atoms with van der Waals surface area (Å²) in [5.41, 5.74) is 1.82. The van der Waals surface area contributed by atoms with Crippen molar-refractivity contribution >= 4 is 5.91 Å². The summed E-state index contributed by atoms with van der Waals surface area (Å²) in [6.45, 7) is 5.62. The van der Waals surface area contributed by atoms with Crippen LogP contribution in [-0.2, 0) is 0 Å². The first-order valence-electron chi connectivity index (χ1n) is 7.82. The van der Waals surface area contributed by atoms with Crippen molar-refractivity contribution in [3.05, 3.63) is 59.7 Å². The lowest BCUT2D eigenvalue weighted by molar-refractivity contribution is 0.0784. The molecule has 0 spiro atoms. The highest BCUT2D eigenvalue weighted by molar-refractivity contribution is 5.92. The van der Waals surface area contributed by atoms with Crippen LogP contribution in [0.15, 0.2) is 42.6 Å². The smallest absolute Gasteiger partial charge is 0.272 e. The zero-order valence-corrected chi connectivity index (χ0v) is 13.1. The molecule has 4 nitrogen and oxygen atoms in total. The highest BCUT2D eigenvalue weighted by Crippen LogP contribution is 2.27. The van der Waals surface area contributed by atoms with Gasteiger partial charge in [-0.15, -0.1) is 0 Å². The van der Waals surface area contributed by atoms with E-state index in [-0.39, 0.29) is 11.8 Å². The first-order valence-corrected chi connectivity index (χ1v) is 7.82. The van der Waals surface area contributed by atoms with Crippen molar-refractivity contribution in [3.63, 3.8) is 0 Å². The number of amides is 1. The lowest BCUT2D eigenvalue weighted by atomic mass is 9.99. The first kappa shape index (κ1) is 14.7. The van der Waals surface area contributed by atoms with Crippen LogP contribution in [0.2, 0.25) is 0 Å². The van der Waals surface area contributed by atoms with Gasteiger partial charge < -0.3 is 4.90 Å². The average molecular weight is 295 g/mol. The first-order chi connectivity index (χ1) is 10.6. The van der Waals surface area contributed by atoms with E-state index in [0.29, 0.717) is 11.6 Å². The molecule has 114 valence electrons. The van der Waals surface area contributed by atoms with Gasteiger partial charge >= 0.3 is 0 Å². The lowest BCUT2D eigenvalue weighted by Gasteiger charge is -2.17. The zero-order chi connectivity index (χ0) is 15.5. The SMILES string of the molecule is CC(C)c1nccc(C(=O)N2CCC(c3ccccc3)C2)n1. The summed E-state index contributed by atoms with van der Waals surface area (Å²) >= 11 is 0. The quantitative estimate of drug-likeness (QED) is 0.873. The summed E-state index contributed by atoms with van der Waals surface area (Å²) in [4.78, 5) is 23.2. The predicted octanol–water partition coefficient (Wildman–Crippen LogP) is 3.23. The molecule has 0 radical (unpaired) electrons. The summed E-state index contributed by atoms with van der Waals surface area (Å²) in [6.07, 6.45) is 2.69. The van der Waals surface area contributed by atoms with Crippen molar-refractivity contribution in [2.45, 2.75) is 32.1 Å². The maximum atomic E-state index is 12.6. The number of aromatic nitrogens is 2. The fourth-order valence-electron chi connectivity index (χ4n) is 2.88. The minimum atomic E-state index is 0.0164. The number of hydrogen-bond acceptors (Lipinski definition) is 3. The highest BCUT2D eigenvalue weighted by Gasteiger charge is 2.28. The van der Waals surface area contributed by atoms with E-state index >= 15 is 0 Å². The lowest BCUT2D eigenvalue weighted by Crippen LogP contribution is -2.29. The average Bonchev–Trinajstić information content (AvgIpc) is 3.05. The number of nitrogens with zero attached hydrogens (tertiary/aromatic N) is 3. The molecule has 0 N–H and O–H groups in total. The summed E-state index contributed by atoms with van der Waals surface area (Å²) in [5.74, 6) is 1.40. The molecule has 1 amide bonds. The molecule has 1 fully saturated rings. The van der Waals surface area contributed by atoms with Crippen molar-refractivity contribution in [2.75, 3.05) is 13.1 Å². The third-order valence-corrected chi connectivity index (χ3v) is 4.16. The molecule has 1 unspecified atom stereocenters. The molecule has 22 heavy (non-hydrogen) atoms. The van der Waals surface area contributed by atoms with E-state index in [1.165, 1.54) is 5.56 Å². The van der Waals surface area contributed by atoms with E-state index in [2.05, 4.69) is 34.2 Å².